The van der Waals surface area contributed by atoms with Crippen molar-refractivity contribution in [3.05, 3.63) is 0 Å². The first kappa shape index (κ1) is 11.6. The lowest BCUT2D eigenvalue weighted by Crippen LogP contribution is -2.44. The van der Waals surface area contributed by atoms with Crippen LogP contribution in [0.3, 0.4) is 0 Å². The highest BCUT2D eigenvalue weighted by Gasteiger charge is 2.50. The summed E-state index contributed by atoms with van der Waals surface area (Å²) in [6, 6.07) is 0. The predicted octanol–water partition coefficient (Wildman–Crippen LogP) is 0.880. The fourth-order valence-corrected chi connectivity index (χ4v) is 1.12. The van der Waals surface area contributed by atoms with E-state index in [1.54, 1.807) is 0 Å². The number of halogens is 3. The van der Waals surface area contributed by atoms with E-state index in [4.69, 9.17) is 5.11 Å². The van der Waals surface area contributed by atoms with Gasteiger partial charge in [-0.1, -0.05) is 0 Å². The van der Waals surface area contributed by atoms with Crippen LogP contribution in [0.15, 0.2) is 0 Å². The minimum Gasteiger partial charge on any atom is -0.480 e. The van der Waals surface area contributed by atoms with Gasteiger partial charge in [0.2, 0.25) is 0 Å². The molecule has 0 aliphatic carbocycles. The summed E-state index contributed by atoms with van der Waals surface area (Å²) in [6.07, 6.45) is -0.630. The highest BCUT2D eigenvalue weighted by molar-refractivity contribution is 5.85. The highest BCUT2D eigenvalue weighted by atomic mass is 35.5. The lowest BCUT2D eigenvalue weighted by atomic mass is 10.00. The summed E-state index contributed by atoms with van der Waals surface area (Å²) in [6.45, 7) is 0.714. The molecule has 0 saturated carbocycles. The Morgan fingerprint density at radius 3 is 2.25 bits per heavy atom. The van der Waals surface area contributed by atoms with E-state index in [0.29, 0.717) is 0 Å². The number of rotatable bonds is 1. The largest absolute Gasteiger partial charge is 0.480 e. The van der Waals surface area contributed by atoms with Gasteiger partial charge in [0.15, 0.2) is 0 Å². The third-order valence-electron chi connectivity index (χ3n) is 1.82. The molecule has 1 aliphatic heterocycles. The fourth-order valence-electron chi connectivity index (χ4n) is 1.12. The third kappa shape index (κ3) is 2.04. The lowest BCUT2D eigenvalue weighted by molar-refractivity contribution is -0.144. The van der Waals surface area contributed by atoms with Gasteiger partial charge < -0.3 is 5.11 Å². The van der Waals surface area contributed by atoms with Crippen LogP contribution in [0.25, 0.3) is 0 Å². The predicted molar refractivity (Wildman–Crippen MR) is 40.9 cm³/mol. The maximum atomic E-state index is 12.5. The standard InChI is InChI=1S/C6H9F2NO2.ClH/c1-5(4(10)11)2-6(7,8)3-9-5;/h9H,2-3H2,1H3,(H,10,11);1H. The third-order valence-corrected chi connectivity index (χ3v) is 1.82. The number of alkyl halides is 2. The van der Waals surface area contributed by atoms with Crippen LogP contribution in [-0.2, 0) is 4.79 Å². The fraction of sp³-hybridized carbons (Fsp3) is 0.833. The smallest absolute Gasteiger partial charge is 0.323 e. The van der Waals surface area contributed by atoms with Crippen molar-refractivity contribution in [3.8, 4) is 0 Å². The van der Waals surface area contributed by atoms with Crippen LogP contribution in [0.4, 0.5) is 8.78 Å². The molecule has 72 valence electrons. The van der Waals surface area contributed by atoms with Gasteiger partial charge in [-0.25, -0.2) is 8.78 Å². The van der Waals surface area contributed by atoms with Gasteiger partial charge in [-0.05, 0) is 6.92 Å². The lowest BCUT2D eigenvalue weighted by Gasteiger charge is -2.17. The van der Waals surface area contributed by atoms with E-state index >= 15 is 0 Å². The maximum Gasteiger partial charge on any atom is 0.323 e. The van der Waals surface area contributed by atoms with Crippen molar-refractivity contribution in [1.82, 2.24) is 5.32 Å². The molecule has 0 spiro atoms. The number of carbonyl (C=O) groups is 1. The number of aliphatic carboxylic acids is 1. The Balaban J connectivity index is 0.00000121. The molecule has 1 heterocycles. The van der Waals surface area contributed by atoms with Gasteiger partial charge in [-0.2, -0.15) is 0 Å². The Bertz CT molecular complexity index is 200. The first-order valence-electron chi connectivity index (χ1n) is 3.22. The van der Waals surface area contributed by atoms with Gasteiger partial charge in [0.05, 0.1) is 6.54 Å². The summed E-state index contributed by atoms with van der Waals surface area (Å²) in [5.41, 5.74) is -1.45. The second-order valence-electron chi connectivity index (χ2n) is 3.02. The van der Waals surface area contributed by atoms with Crippen LogP contribution in [0.5, 0.6) is 0 Å². The normalized spacial score (nSPS) is 32.6. The van der Waals surface area contributed by atoms with Crippen molar-refractivity contribution < 1.29 is 18.7 Å². The number of hydrogen-bond donors (Lipinski definition) is 2. The molecule has 0 bridgehead atoms. The van der Waals surface area contributed by atoms with E-state index in [9.17, 15) is 13.6 Å². The van der Waals surface area contributed by atoms with Crippen molar-refractivity contribution in [1.29, 1.82) is 0 Å². The zero-order chi connectivity index (χ0) is 8.70. The van der Waals surface area contributed by atoms with Gasteiger partial charge in [-0.15, -0.1) is 12.4 Å². The Morgan fingerprint density at radius 1 is 1.58 bits per heavy atom. The summed E-state index contributed by atoms with van der Waals surface area (Å²) in [7, 11) is 0. The van der Waals surface area contributed by atoms with Crippen LogP contribution in [-0.4, -0.2) is 29.1 Å². The molecular formula is C6H10ClF2NO2. The quantitative estimate of drug-likeness (QED) is 0.662. The van der Waals surface area contributed by atoms with E-state index in [1.807, 2.05) is 0 Å². The van der Waals surface area contributed by atoms with Crippen molar-refractivity contribution in [2.24, 2.45) is 0 Å². The second kappa shape index (κ2) is 3.14. The minimum absolute atomic E-state index is 0. The number of carboxylic acids is 1. The molecule has 1 unspecified atom stereocenters. The molecule has 6 heteroatoms. The van der Waals surface area contributed by atoms with Crippen molar-refractivity contribution in [2.75, 3.05) is 6.54 Å². The SMILES string of the molecule is CC1(C(=O)O)CC(F)(F)CN1.Cl. The van der Waals surface area contributed by atoms with Crippen LogP contribution in [0.2, 0.25) is 0 Å². The first-order chi connectivity index (χ1) is 4.86. The molecule has 1 fully saturated rings. The van der Waals surface area contributed by atoms with Crippen molar-refractivity contribution >= 4 is 18.4 Å². The molecule has 1 rings (SSSR count). The zero-order valence-electron chi connectivity index (χ0n) is 6.43. The number of hydrogen-bond acceptors (Lipinski definition) is 2. The average molecular weight is 202 g/mol. The number of carboxylic acid groups (broad SMARTS) is 1. The van der Waals surface area contributed by atoms with Gasteiger partial charge in [0, 0.05) is 6.42 Å². The van der Waals surface area contributed by atoms with Crippen LogP contribution in [0.1, 0.15) is 13.3 Å². The Kier molecular flexibility index (Phi) is 3.03. The molecule has 3 nitrogen and oxygen atoms in total. The van der Waals surface area contributed by atoms with E-state index in [1.165, 1.54) is 6.92 Å². The summed E-state index contributed by atoms with van der Waals surface area (Å²) in [5.74, 6) is -4.11. The van der Waals surface area contributed by atoms with Crippen LogP contribution >= 0.6 is 12.4 Å². The molecule has 0 aromatic heterocycles. The maximum absolute atomic E-state index is 12.5. The van der Waals surface area contributed by atoms with Crippen molar-refractivity contribution in [2.45, 2.75) is 24.8 Å². The highest BCUT2D eigenvalue weighted by Crippen LogP contribution is 2.31. The Morgan fingerprint density at radius 2 is 2.08 bits per heavy atom. The topological polar surface area (TPSA) is 49.3 Å². The summed E-state index contributed by atoms with van der Waals surface area (Å²) >= 11 is 0. The molecule has 0 radical (unpaired) electrons. The Hall–Kier alpha value is -0.420. The van der Waals surface area contributed by atoms with E-state index in [0.717, 1.165) is 0 Å². The molecule has 0 aromatic carbocycles. The molecule has 0 amide bonds. The van der Waals surface area contributed by atoms with Gasteiger partial charge in [0.1, 0.15) is 5.54 Å². The van der Waals surface area contributed by atoms with E-state index in [-0.39, 0.29) is 12.4 Å². The molecular weight excluding hydrogens is 192 g/mol. The average Bonchev–Trinajstić information content (AvgIpc) is 2.08. The van der Waals surface area contributed by atoms with Crippen LogP contribution in [0, 0.1) is 0 Å². The molecule has 0 aromatic rings. The van der Waals surface area contributed by atoms with Crippen LogP contribution < -0.4 is 5.32 Å². The van der Waals surface area contributed by atoms with E-state index < -0.39 is 30.4 Å². The molecule has 12 heavy (non-hydrogen) atoms. The molecule has 1 saturated heterocycles. The van der Waals surface area contributed by atoms with Gasteiger partial charge in [-0.3, -0.25) is 10.1 Å². The van der Waals surface area contributed by atoms with Gasteiger partial charge in [0.25, 0.3) is 5.92 Å². The molecule has 1 aliphatic rings. The van der Waals surface area contributed by atoms with E-state index in [2.05, 4.69) is 5.32 Å². The first-order valence-corrected chi connectivity index (χ1v) is 3.22. The van der Waals surface area contributed by atoms with Gasteiger partial charge >= 0.3 is 5.97 Å². The Labute approximate surface area is 74.5 Å². The number of nitrogens with one attached hydrogen (secondary N) is 1. The summed E-state index contributed by atoms with van der Waals surface area (Å²) < 4.78 is 24.9. The van der Waals surface area contributed by atoms with Crippen molar-refractivity contribution in [3.63, 3.8) is 0 Å². The second-order valence-corrected chi connectivity index (χ2v) is 3.02. The monoisotopic (exact) mass is 201 g/mol. The summed E-state index contributed by atoms with van der Waals surface area (Å²) in [5, 5.41) is 10.8. The molecule has 2 N–H and O–H groups in total. The summed E-state index contributed by atoms with van der Waals surface area (Å²) in [4.78, 5) is 10.4. The minimum atomic E-state index is -2.88. The zero-order valence-corrected chi connectivity index (χ0v) is 7.25. The molecule has 1 atom stereocenters.